The molecule has 0 saturated carbocycles. The minimum Gasteiger partial charge on any atom is -0.311 e. The Morgan fingerprint density at radius 2 is 2.28 bits per heavy atom. The fourth-order valence-electron chi connectivity index (χ4n) is 2.51. The predicted octanol–water partition coefficient (Wildman–Crippen LogP) is 2.57. The Balaban J connectivity index is 2.06. The standard InChI is InChI=1S/C14H19FN2O/c1-9-4-3-5-12(17-9)10(2)14(18)13-7-6-11(15)8-16-13/h6-10,12,17H,3-5H2,1-2H3. The van der Waals surface area contributed by atoms with Crippen LogP contribution in [0.3, 0.4) is 0 Å². The van der Waals surface area contributed by atoms with E-state index in [2.05, 4.69) is 17.2 Å². The second-order valence-corrected chi connectivity index (χ2v) is 5.12. The number of piperidine rings is 1. The number of ketones is 1. The van der Waals surface area contributed by atoms with E-state index in [1.807, 2.05) is 6.92 Å². The molecule has 0 radical (unpaired) electrons. The van der Waals surface area contributed by atoms with Crippen molar-refractivity contribution in [2.75, 3.05) is 0 Å². The summed E-state index contributed by atoms with van der Waals surface area (Å²) in [6.45, 7) is 4.06. The van der Waals surface area contributed by atoms with Gasteiger partial charge < -0.3 is 5.32 Å². The second kappa shape index (κ2) is 5.57. The van der Waals surface area contributed by atoms with E-state index in [0.717, 1.165) is 25.5 Å². The highest BCUT2D eigenvalue weighted by Crippen LogP contribution is 2.21. The molecule has 3 unspecified atom stereocenters. The van der Waals surface area contributed by atoms with E-state index in [-0.39, 0.29) is 17.7 Å². The first-order chi connectivity index (χ1) is 8.58. The van der Waals surface area contributed by atoms with Gasteiger partial charge in [0.05, 0.1) is 6.20 Å². The second-order valence-electron chi connectivity index (χ2n) is 5.12. The fourth-order valence-corrected chi connectivity index (χ4v) is 2.51. The van der Waals surface area contributed by atoms with Gasteiger partial charge in [-0.05, 0) is 31.9 Å². The molecule has 1 N–H and O–H groups in total. The van der Waals surface area contributed by atoms with Crippen molar-refractivity contribution in [3.63, 3.8) is 0 Å². The molecule has 2 heterocycles. The normalized spacial score (nSPS) is 25.7. The number of carbonyl (C=O) groups excluding carboxylic acids is 1. The lowest BCUT2D eigenvalue weighted by atomic mass is 9.87. The molecule has 0 aromatic carbocycles. The molecule has 4 heteroatoms. The van der Waals surface area contributed by atoms with Crippen molar-refractivity contribution in [1.29, 1.82) is 0 Å². The topological polar surface area (TPSA) is 42.0 Å². The first-order valence-corrected chi connectivity index (χ1v) is 6.49. The van der Waals surface area contributed by atoms with E-state index in [4.69, 9.17) is 0 Å². The molecule has 98 valence electrons. The van der Waals surface area contributed by atoms with Crippen LogP contribution >= 0.6 is 0 Å². The van der Waals surface area contributed by atoms with E-state index in [1.54, 1.807) is 0 Å². The molecule has 0 spiro atoms. The Labute approximate surface area is 107 Å². The highest BCUT2D eigenvalue weighted by molar-refractivity contribution is 5.96. The molecule has 0 amide bonds. The molecule has 3 atom stereocenters. The van der Waals surface area contributed by atoms with Gasteiger partial charge in [0.1, 0.15) is 11.5 Å². The monoisotopic (exact) mass is 250 g/mol. The molecule has 3 nitrogen and oxygen atoms in total. The number of hydrogen-bond donors (Lipinski definition) is 1. The Kier molecular flexibility index (Phi) is 4.07. The zero-order valence-corrected chi connectivity index (χ0v) is 10.8. The molecule has 1 aromatic heterocycles. The molecule has 1 aromatic rings. The number of nitrogens with one attached hydrogen (secondary N) is 1. The van der Waals surface area contributed by atoms with Crippen molar-refractivity contribution in [3.8, 4) is 0 Å². The third-order valence-corrected chi connectivity index (χ3v) is 3.65. The summed E-state index contributed by atoms with van der Waals surface area (Å²) in [5.74, 6) is -0.545. The van der Waals surface area contributed by atoms with Crippen molar-refractivity contribution in [3.05, 3.63) is 29.8 Å². The minimum absolute atomic E-state index is 0.0124. The number of carbonyl (C=O) groups is 1. The number of nitrogens with zero attached hydrogens (tertiary/aromatic N) is 1. The van der Waals surface area contributed by atoms with E-state index in [1.165, 1.54) is 12.1 Å². The zero-order chi connectivity index (χ0) is 13.1. The van der Waals surface area contributed by atoms with Gasteiger partial charge in [0.2, 0.25) is 0 Å². The average Bonchev–Trinajstić information content (AvgIpc) is 2.38. The largest absolute Gasteiger partial charge is 0.311 e. The van der Waals surface area contributed by atoms with Crippen molar-refractivity contribution >= 4 is 5.78 Å². The van der Waals surface area contributed by atoms with Gasteiger partial charge in [-0.25, -0.2) is 4.39 Å². The van der Waals surface area contributed by atoms with Gasteiger partial charge >= 0.3 is 0 Å². The first-order valence-electron chi connectivity index (χ1n) is 6.49. The van der Waals surface area contributed by atoms with E-state index in [0.29, 0.717) is 11.7 Å². The van der Waals surface area contributed by atoms with E-state index in [9.17, 15) is 9.18 Å². The van der Waals surface area contributed by atoms with Crippen LogP contribution in [-0.4, -0.2) is 22.9 Å². The number of rotatable bonds is 3. The van der Waals surface area contributed by atoms with Gasteiger partial charge in [-0.3, -0.25) is 9.78 Å². The van der Waals surface area contributed by atoms with Gasteiger partial charge in [0, 0.05) is 18.0 Å². The third-order valence-electron chi connectivity index (χ3n) is 3.65. The number of halogens is 1. The Hall–Kier alpha value is -1.29. The molecular weight excluding hydrogens is 231 g/mol. The lowest BCUT2D eigenvalue weighted by Gasteiger charge is -2.32. The third kappa shape index (κ3) is 2.93. The number of aromatic nitrogens is 1. The summed E-state index contributed by atoms with van der Waals surface area (Å²) < 4.78 is 12.8. The van der Waals surface area contributed by atoms with E-state index >= 15 is 0 Å². The van der Waals surface area contributed by atoms with Gasteiger partial charge in [-0.2, -0.15) is 0 Å². The quantitative estimate of drug-likeness (QED) is 0.838. The molecule has 1 aliphatic heterocycles. The van der Waals surface area contributed by atoms with Crippen LogP contribution in [-0.2, 0) is 0 Å². The molecule has 1 saturated heterocycles. The highest BCUT2D eigenvalue weighted by Gasteiger charge is 2.28. The summed E-state index contributed by atoms with van der Waals surface area (Å²) in [4.78, 5) is 16.1. The van der Waals surface area contributed by atoms with Crippen molar-refractivity contribution < 1.29 is 9.18 Å². The average molecular weight is 250 g/mol. The van der Waals surface area contributed by atoms with Crippen LogP contribution in [0.2, 0.25) is 0 Å². The van der Waals surface area contributed by atoms with Gasteiger partial charge in [0.25, 0.3) is 0 Å². The van der Waals surface area contributed by atoms with Crippen LogP contribution in [0, 0.1) is 11.7 Å². The van der Waals surface area contributed by atoms with Crippen LogP contribution in [0.25, 0.3) is 0 Å². The molecule has 2 rings (SSSR count). The summed E-state index contributed by atoms with van der Waals surface area (Å²) >= 11 is 0. The first kappa shape index (κ1) is 13.1. The maximum Gasteiger partial charge on any atom is 0.185 e. The van der Waals surface area contributed by atoms with Crippen molar-refractivity contribution in [1.82, 2.24) is 10.3 Å². The molecule has 1 aliphatic rings. The lowest BCUT2D eigenvalue weighted by molar-refractivity contribution is 0.0878. The van der Waals surface area contributed by atoms with Crippen molar-refractivity contribution in [2.24, 2.45) is 5.92 Å². The van der Waals surface area contributed by atoms with Crippen LogP contribution in [0.5, 0.6) is 0 Å². The van der Waals surface area contributed by atoms with E-state index < -0.39 is 5.82 Å². The maximum absolute atomic E-state index is 12.8. The molecule has 18 heavy (non-hydrogen) atoms. The minimum atomic E-state index is -0.413. The van der Waals surface area contributed by atoms with Crippen LogP contribution in [0.15, 0.2) is 18.3 Å². The summed E-state index contributed by atoms with van der Waals surface area (Å²) in [5.41, 5.74) is 0.351. The van der Waals surface area contributed by atoms with Crippen LogP contribution in [0.4, 0.5) is 4.39 Å². The number of pyridine rings is 1. The summed E-state index contributed by atoms with van der Waals surface area (Å²) in [7, 11) is 0. The van der Waals surface area contributed by atoms with Crippen molar-refractivity contribution in [2.45, 2.75) is 45.2 Å². The summed E-state index contributed by atoms with van der Waals surface area (Å²) in [6, 6.07) is 3.40. The fraction of sp³-hybridized carbons (Fsp3) is 0.571. The highest BCUT2D eigenvalue weighted by atomic mass is 19.1. The molecule has 1 fully saturated rings. The smallest absolute Gasteiger partial charge is 0.185 e. The zero-order valence-electron chi connectivity index (χ0n) is 10.8. The van der Waals surface area contributed by atoms with Gasteiger partial charge in [-0.1, -0.05) is 13.3 Å². The van der Waals surface area contributed by atoms with Gasteiger partial charge in [0.15, 0.2) is 5.78 Å². The molecule has 0 aliphatic carbocycles. The Morgan fingerprint density at radius 1 is 1.50 bits per heavy atom. The molecular formula is C14H19FN2O. The number of hydrogen-bond acceptors (Lipinski definition) is 3. The Morgan fingerprint density at radius 3 is 2.89 bits per heavy atom. The lowest BCUT2D eigenvalue weighted by Crippen LogP contribution is -2.46. The number of Topliss-reactive ketones (excluding diaryl/α,β-unsaturated/α-hetero) is 1. The van der Waals surface area contributed by atoms with Crippen LogP contribution in [0.1, 0.15) is 43.6 Å². The maximum atomic E-state index is 12.8. The predicted molar refractivity (Wildman–Crippen MR) is 67.9 cm³/mol. The van der Waals surface area contributed by atoms with Crippen LogP contribution < -0.4 is 5.32 Å². The Bertz CT molecular complexity index is 418. The molecule has 0 bridgehead atoms. The SMILES string of the molecule is CC1CCCC(C(C)C(=O)c2ccc(F)cn2)N1. The summed E-state index contributed by atoms with van der Waals surface area (Å²) in [6.07, 6.45) is 4.41. The summed E-state index contributed by atoms with van der Waals surface area (Å²) in [5, 5.41) is 3.46. The van der Waals surface area contributed by atoms with Gasteiger partial charge in [-0.15, -0.1) is 0 Å².